The summed E-state index contributed by atoms with van der Waals surface area (Å²) in [6.45, 7) is 10.1. The van der Waals surface area contributed by atoms with Gasteiger partial charge in [0.05, 0.1) is 0 Å². The van der Waals surface area contributed by atoms with Crippen LogP contribution >= 0.6 is 0 Å². The fourth-order valence-corrected chi connectivity index (χ4v) is 2.14. The summed E-state index contributed by atoms with van der Waals surface area (Å²) in [6.07, 6.45) is 6.03. The second-order valence-electron chi connectivity index (χ2n) is 5.67. The molecule has 1 atom stereocenters. The van der Waals surface area contributed by atoms with Gasteiger partial charge in [-0.25, -0.2) is 0 Å². The lowest BCUT2D eigenvalue weighted by atomic mass is 10.0. The highest BCUT2D eigenvalue weighted by Gasteiger charge is 2.14. The predicted molar refractivity (Wildman–Crippen MR) is 82.4 cm³/mol. The van der Waals surface area contributed by atoms with Crippen molar-refractivity contribution in [1.29, 1.82) is 0 Å². The van der Waals surface area contributed by atoms with E-state index < -0.39 is 0 Å². The number of hydrogen-bond acceptors (Lipinski definition) is 3. The van der Waals surface area contributed by atoms with Crippen LogP contribution in [0.25, 0.3) is 0 Å². The number of hydrogen-bond donors (Lipinski definition) is 1. The minimum absolute atomic E-state index is 0.586. The Bertz CT molecular complexity index is 324. The zero-order valence-electron chi connectivity index (χ0n) is 12.9. The van der Waals surface area contributed by atoms with Gasteiger partial charge in [-0.15, -0.1) is 0 Å². The molecule has 3 nitrogen and oxygen atoms in total. The molecule has 1 N–H and O–H groups in total. The summed E-state index contributed by atoms with van der Waals surface area (Å²) in [5, 5.41) is 3.65. The van der Waals surface area contributed by atoms with Crippen LogP contribution in [0, 0.1) is 5.92 Å². The van der Waals surface area contributed by atoms with Gasteiger partial charge in [-0.1, -0.05) is 20.8 Å². The fourth-order valence-electron chi connectivity index (χ4n) is 2.14. The maximum atomic E-state index is 4.05. The van der Waals surface area contributed by atoms with Crippen LogP contribution in [-0.4, -0.2) is 42.6 Å². The van der Waals surface area contributed by atoms with Gasteiger partial charge in [-0.3, -0.25) is 4.98 Å². The van der Waals surface area contributed by atoms with E-state index in [0.717, 1.165) is 26.1 Å². The molecule has 0 saturated carbocycles. The Labute approximate surface area is 118 Å². The molecule has 0 aliphatic carbocycles. The molecule has 1 unspecified atom stereocenters. The second kappa shape index (κ2) is 9.05. The minimum Gasteiger partial charge on any atom is -0.312 e. The molecule has 0 fully saturated rings. The van der Waals surface area contributed by atoms with Crippen molar-refractivity contribution in [2.45, 2.75) is 39.7 Å². The molecule has 108 valence electrons. The minimum atomic E-state index is 0.586. The maximum absolute atomic E-state index is 4.05. The smallest absolute Gasteiger partial charge is 0.0270 e. The lowest BCUT2D eigenvalue weighted by molar-refractivity contribution is 0.257. The average molecular weight is 263 g/mol. The van der Waals surface area contributed by atoms with E-state index in [9.17, 15) is 0 Å². The zero-order valence-corrected chi connectivity index (χ0v) is 12.9. The molecule has 0 spiro atoms. The number of rotatable bonds is 9. The molecule has 0 bridgehead atoms. The van der Waals surface area contributed by atoms with Crippen molar-refractivity contribution in [2.24, 2.45) is 5.92 Å². The highest BCUT2D eigenvalue weighted by molar-refractivity contribution is 5.09. The van der Waals surface area contributed by atoms with Gasteiger partial charge in [-0.05, 0) is 50.0 Å². The van der Waals surface area contributed by atoms with Crippen molar-refractivity contribution >= 4 is 0 Å². The molecule has 0 aliphatic heterocycles. The van der Waals surface area contributed by atoms with Crippen molar-refractivity contribution in [1.82, 2.24) is 15.2 Å². The number of nitrogens with zero attached hydrogens (tertiary/aromatic N) is 2. The molecular weight excluding hydrogens is 234 g/mol. The molecule has 1 heterocycles. The van der Waals surface area contributed by atoms with E-state index in [1.807, 2.05) is 12.4 Å². The van der Waals surface area contributed by atoms with Crippen molar-refractivity contribution in [2.75, 3.05) is 26.7 Å². The van der Waals surface area contributed by atoms with E-state index in [4.69, 9.17) is 0 Å². The van der Waals surface area contributed by atoms with Crippen LogP contribution in [-0.2, 0) is 6.42 Å². The predicted octanol–water partition coefficient (Wildman–Crippen LogP) is 2.58. The molecule has 0 saturated heterocycles. The normalized spacial score (nSPS) is 13.2. The molecule has 0 radical (unpaired) electrons. The van der Waals surface area contributed by atoms with Crippen molar-refractivity contribution in [3.05, 3.63) is 30.1 Å². The van der Waals surface area contributed by atoms with E-state index in [1.165, 1.54) is 12.0 Å². The standard InChI is InChI=1S/C16H29N3/c1-5-9-18-16(14(2)3)13-19(4)12-8-15-6-10-17-11-7-15/h6-7,10-11,14,16,18H,5,8-9,12-13H2,1-4H3. The van der Waals surface area contributed by atoms with Crippen molar-refractivity contribution in [3.8, 4) is 0 Å². The van der Waals surface area contributed by atoms with Gasteiger partial charge in [-0.2, -0.15) is 0 Å². The number of likely N-dealkylation sites (N-methyl/N-ethyl adjacent to an activating group) is 1. The number of aromatic nitrogens is 1. The monoisotopic (exact) mass is 263 g/mol. The van der Waals surface area contributed by atoms with Gasteiger partial charge in [0.25, 0.3) is 0 Å². The SMILES string of the molecule is CCCNC(CN(C)CCc1ccncc1)C(C)C. The quantitative estimate of drug-likeness (QED) is 0.742. The average Bonchev–Trinajstić information content (AvgIpc) is 2.42. The molecule has 3 heteroatoms. The van der Waals surface area contributed by atoms with E-state index in [0.29, 0.717) is 12.0 Å². The van der Waals surface area contributed by atoms with Gasteiger partial charge in [0.2, 0.25) is 0 Å². The Morgan fingerprint density at radius 1 is 1.26 bits per heavy atom. The highest BCUT2D eigenvalue weighted by atomic mass is 15.1. The first-order chi connectivity index (χ1) is 9.13. The molecule has 0 aromatic carbocycles. The molecule has 1 aromatic heterocycles. The highest BCUT2D eigenvalue weighted by Crippen LogP contribution is 2.05. The van der Waals surface area contributed by atoms with Crippen molar-refractivity contribution in [3.63, 3.8) is 0 Å². The number of pyridine rings is 1. The summed E-state index contributed by atoms with van der Waals surface area (Å²) in [7, 11) is 2.21. The van der Waals surface area contributed by atoms with Gasteiger partial charge < -0.3 is 10.2 Å². The molecule has 1 aromatic rings. The largest absolute Gasteiger partial charge is 0.312 e. The van der Waals surface area contributed by atoms with E-state index >= 15 is 0 Å². The summed E-state index contributed by atoms with van der Waals surface area (Å²) in [4.78, 5) is 6.48. The number of nitrogens with one attached hydrogen (secondary N) is 1. The molecule has 0 amide bonds. The van der Waals surface area contributed by atoms with Gasteiger partial charge in [0.15, 0.2) is 0 Å². The molecular formula is C16H29N3. The summed E-state index contributed by atoms with van der Waals surface area (Å²) in [6, 6.07) is 4.79. The van der Waals surface area contributed by atoms with E-state index in [2.05, 4.69) is 55.2 Å². The van der Waals surface area contributed by atoms with Crippen LogP contribution in [0.3, 0.4) is 0 Å². The first-order valence-electron chi connectivity index (χ1n) is 7.44. The summed E-state index contributed by atoms with van der Waals surface area (Å²) < 4.78 is 0. The van der Waals surface area contributed by atoms with Crippen LogP contribution < -0.4 is 5.32 Å². The van der Waals surface area contributed by atoms with E-state index in [-0.39, 0.29) is 0 Å². The third-order valence-electron chi connectivity index (χ3n) is 3.50. The zero-order chi connectivity index (χ0) is 14.1. The van der Waals surface area contributed by atoms with Gasteiger partial charge in [0.1, 0.15) is 0 Å². The Morgan fingerprint density at radius 3 is 2.53 bits per heavy atom. The Balaban J connectivity index is 2.33. The first-order valence-corrected chi connectivity index (χ1v) is 7.44. The molecule has 0 aliphatic rings. The fraction of sp³-hybridized carbons (Fsp3) is 0.688. The summed E-state index contributed by atoms with van der Waals surface area (Å²) in [5.41, 5.74) is 1.37. The Kier molecular flexibility index (Phi) is 7.68. The summed E-state index contributed by atoms with van der Waals surface area (Å²) in [5.74, 6) is 0.676. The van der Waals surface area contributed by atoms with Crippen LogP contribution in [0.5, 0.6) is 0 Å². The third-order valence-corrected chi connectivity index (χ3v) is 3.50. The second-order valence-corrected chi connectivity index (χ2v) is 5.67. The summed E-state index contributed by atoms with van der Waals surface area (Å²) >= 11 is 0. The van der Waals surface area contributed by atoms with Gasteiger partial charge in [0, 0.05) is 31.5 Å². The Morgan fingerprint density at radius 2 is 1.95 bits per heavy atom. The van der Waals surface area contributed by atoms with Crippen LogP contribution in [0.1, 0.15) is 32.8 Å². The maximum Gasteiger partial charge on any atom is 0.0270 e. The lowest BCUT2D eigenvalue weighted by Crippen LogP contribution is -2.43. The topological polar surface area (TPSA) is 28.2 Å². The van der Waals surface area contributed by atoms with E-state index in [1.54, 1.807) is 0 Å². The van der Waals surface area contributed by atoms with Gasteiger partial charge >= 0.3 is 0 Å². The molecule has 19 heavy (non-hydrogen) atoms. The molecule has 1 rings (SSSR count). The Hall–Kier alpha value is -0.930. The third kappa shape index (κ3) is 6.69. The first kappa shape index (κ1) is 16.1. The van der Waals surface area contributed by atoms with Crippen molar-refractivity contribution < 1.29 is 0 Å². The van der Waals surface area contributed by atoms with Crippen LogP contribution in [0.2, 0.25) is 0 Å². The lowest BCUT2D eigenvalue weighted by Gasteiger charge is -2.27. The van der Waals surface area contributed by atoms with Crippen LogP contribution in [0.15, 0.2) is 24.5 Å². The van der Waals surface area contributed by atoms with Crippen LogP contribution in [0.4, 0.5) is 0 Å².